The molecule has 0 aliphatic heterocycles. The van der Waals surface area contributed by atoms with Gasteiger partial charge in [0.25, 0.3) is 0 Å². The number of ether oxygens (including phenoxy) is 1. The predicted octanol–water partition coefficient (Wildman–Crippen LogP) is 3.81. The molecule has 0 saturated heterocycles. The lowest BCUT2D eigenvalue weighted by Gasteiger charge is -2.12. The van der Waals surface area contributed by atoms with Gasteiger partial charge in [-0.2, -0.15) is 0 Å². The first-order valence-electron chi connectivity index (χ1n) is 6.85. The summed E-state index contributed by atoms with van der Waals surface area (Å²) in [7, 11) is 0. The second kappa shape index (κ2) is 7.15. The van der Waals surface area contributed by atoms with Crippen LogP contribution in [0.3, 0.4) is 0 Å². The van der Waals surface area contributed by atoms with Gasteiger partial charge < -0.3 is 14.9 Å². The maximum absolute atomic E-state index is 11.2. The molecule has 0 aliphatic rings. The molecule has 1 atom stereocenters. The Bertz CT molecular complexity index is 742. The predicted molar refractivity (Wildman–Crippen MR) is 85.2 cm³/mol. The van der Waals surface area contributed by atoms with Gasteiger partial charge in [-0.15, -0.1) is 0 Å². The Labute approximate surface area is 138 Å². The smallest absolute Gasteiger partial charge is 0.336 e. The van der Waals surface area contributed by atoms with Crippen LogP contribution in [0.2, 0.25) is 5.02 Å². The van der Waals surface area contributed by atoms with Gasteiger partial charge in [-0.25, -0.2) is 4.79 Å². The SMILES string of the molecule is C[C@H](C(=O)O)c1cccc(OCc2ccc(Cl)cc2C(=O)O)c1. The van der Waals surface area contributed by atoms with E-state index in [2.05, 4.69) is 0 Å². The van der Waals surface area contributed by atoms with E-state index in [4.69, 9.17) is 21.4 Å². The molecule has 0 unspecified atom stereocenters. The number of carboxylic acids is 2. The zero-order chi connectivity index (χ0) is 17.0. The summed E-state index contributed by atoms with van der Waals surface area (Å²) in [5.74, 6) is -2.18. The number of aromatic carboxylic acids is 1. The molecule has 2 N–H and O–H groups in total. The molecule has 2 rings (SSSR count). The van der Waals surface area contributed by atoms with Crippen molar-refractivity contribution in [2.75, 3.05) is 0 Å². The molecule has 0 bridgehead atoms. The van der Waals surface area contributed by atoms with Crippen LogP contribution in [0.15, 0.2) is 42.5 Å². The quantitative estimate of drug-likeness (QED) is 0.839. The first kappa shape index (κ1) is 16.8. The van der Waals surface area contributed by atoms with E-state index in [1.54, 1.807) is 43.3 Å². The third-order valence-corrected chi connectivity index (χ3v) is 3.66. The highest BCUT2D eigenvalue weighted by atomic mass is 35.5. The lowest BCUT2D eigenvalue weighted by Crippen LogP contribution is -2.08. The normalized spacial score (nSPS) is 11.7. The monoisotopic (exact) mass is 334 g/mol. The van der Waals surface area contributed by atoms with Crippen LogP contribution in [0.1, 0.15) is 34.3 Å². The summed E-state index contributed by atoms with van der Waals surface area (Å²) in [6.45, 7) is 1.63. The Kier molecular flexibility index (Phi) is 5.24. The van der Waals surface area contributed by atoms with E-state index in [0.717, 1.165) is 0 Å². The molecule has 0 saturated carbocycles. The van der Waals surface area contributed by atoms with Gasteiger partial charge in [0.05, 0.1) is 11.5 Å². The molecule has 2 aromatic carbocycles. The highest BCUT2D eigenvalue weighted by molar-refractivity contribution is 6.30. The Balaban J connectivity index is 2.17. The molecule has 0 aromatic heterocycles. The number of halogens is 1. The number of hydrogen-bond donors (Lipinski definition) is 2. The third-order valence-electron chi connectivity index (χ3n) is 3.43. The van der Waals surface area contributed by atoms with Crippen molar-refractivity contribution < 1.29 is 24.5 Å². The van der Waals surface area contributed by atoms with Crippen molar-refractivity contribution in [3.63, 3.8) is 0 Å². The minimum atomic E-state index is -1.08. The zero-order valence-electron chi connectivity index (χ0n) is 12.3. The van der Waals surface area contributed by atoms with Gasteiger partial charge in [0, 0.05) is 10.6 Å². The van der Waals surface area contributed by atoms with Crippen LogP contribution >= 0.6 is 11.6 Å². The van der Waals surface area contributed by atoms with Crippen LogP contribution in [-0.4, -0.2) is 22.2 Å². The fourth-order valence-corrected chi connectivity index (χ4v) is 2.22. The minimum Gasteiger partial charge on any atom is -0.489 e. The topological polar surface area (TPSA) is 83.8 Å². The second-order valence-corrected chi connectivity index (χ2v) is 5.46. The maximum Gasteiger partial charge on any atom is 0.336 e. The molecule has 120 valence electrons. The molecule has 0 radical (unpaired) electrons. The van der Waals surface area contributed by atoms with Gasteiger partial charge in [-0.1, -0.05) is 29.8 Å². The molecule has 0 aliphatic carbocycles. The maximum atomic E-state index is 11.2. The lowest BCUT2D eigenvalue weighted by molar-refractivity contribution is -0.138. The molecule has 0 spiro atoms. The third kappa shape index (κ3) is 4.23. The minimum absolute atomic E-state index is 0.0453. The highest BCUT2D eigenvalue weighted by Gasteiger charge is 2.15. The number of rotatable bonds is 6. The second-order valence-electron chi connectivity index (χ2n) is 5.03. The van der Waals surface area contributed by atoms with Crippen molar-refractivity contribution in [3.8, 4) is 5.75 Å². The van der Waals surface area contributed by atoms with E-state index in [0.29, 0.717) is 21.9 Å². The number of benzene rings is 2. The fourth-order valence-electron chi connectivity index (χ4n) is 2.05. The Morgan fingerprint density at radius 3 is 2.57 bits per heavy atom. The van der Waals surface area contributed by atoms with Gasteiger partial charge in [-0.3, -0.25) is 4.79 Å². The highest BCUT2D eigenvalue weighted by Crippen LogP contribution is 2.23. The van der Waals surface area contributed by atoms with Crippen molar-refractivity contribution in [3.05, 3.63) is 64.2 Å². The lowest BCUT2D eigenvalue weighted by atomic mass is 10.0. The van der Waals surface area contributed by atoms with E-state index in [1.165, 1.54) is 6.07 Å². The molecule has 2 aromatic rings. The summed E-state index contributed by atoms with van der Waals surface area (Å²) in [6, 6.07) is 11.3. The Morgan fingerprint density at radius 2 is 1.91 bits per heavy atom. The van der Waals surface area contributed by atoms with Crippen LogP contribution < -0.4 is 4.74 Å². The molecule has 0 amide bonds. The van der Waals surface area contributed by atoms with Crippen molar-refractivity contribution in [1.29, 1.82) is 0 Å². The molecule has 23 heavy (non-hydrogen) atoms. The van der Waals surface area contributed by atoms with Crippen molar-refractivity contribution >= 4 is 23.5 Å². The summed E-state index contributed by atoms with van der Waals surface area (Å²) in [4.78, 5) is 22.2. The first-order chi connectivity index (χ1) is 10.9. The van der Waals surface area contributed by atoms with E-state index in [-0.39, 0.29) is 12.2 Å². The van der Waals surface area contributed by atoms with Gasteiger partial charge in [-0.05, 0) is 36.8 Å². The van der Waals surface area contributed by atoms with Crippen LogP contribution in [0.4, 0.5) is 0 Å². The molecule has 0 heterocycles. The van der Waals surface area contributed by atoms with Gasteiger partial charge in [0.1, 0.15) is 12.4 Å². The molecule has 5 nitrogen and oxygen atoms in total. The summed E-state index contributed by atoms with van der Waals surface area (Å²) < 4.78 is 5.59. The summed E-state index contributed by atoms with van der Waals surface area (Å²) >= 11 is 5.80. The van der Waals surface area contributed by atoms with Crippen LogP contribution in [-0.2, 0) is 11.4 Å². The Morgan fingerprint density at radius 1 is 1.17 bits per heavy atom. The standard InChI is InChI=1S/C17H15ClO5/c1-10(16(19)20)11-3-2-4-14(7-11)23-9-12-5-6-13(18)8-15(12)17(21)22/h2-8,10H,9H2,1H3,(H,19,20)(H,21,22)/t10-/m0/s1. The largest absolute Gasteiger partial charge is 0.489 e. The fraction of sp³-hybridized carbons (Fsp3) is 0.176. The Hall–Kier alpha value is -2.53. The number of hydrogen-bond acceptors (Lipinski definition) is 3. The van der Waals surface area contributed by atoms with Crippen LogP contribution in [0, 0.1) is 0 Å². The van der Waals surface area contributed by atoms with Crippen molar-refractivity contribution in [2.24, 2.45) is 0 Å². The molecular weight excluding hydrogens is 320 g/mol. The van der Waals surface area contributed by atoms with Gasteiger partial charge >= 0.3 is 11.9 Å². The first-order valence-corrected chi connectivity index (χ1v) is 7.23. The number of carbonyl (C=O) groups is 2. The van der Waals surface area contributed by atoms with Crippen molar-refractivity contribution in [2.45, 2.75) is 19.4 Å². The van der Waals surface area contributed by atoms with E-state index < -0.39 is 17.9 Å². The molecule has 0 fully saturated rings. The van der Waals surface area contributed by atoms with Gasteiger partial charge in [0.15, 0.2) is 0 Å². The average Bonchev–Trinajstić information content (AvgIpc) is 2.53. The summed E-state index contributed by atoms with van der Waals surface area (Å²) in [6.07, 6.45) is 0. The van der Waals surface area contributed by atoms with E-state index >= 15 is 0 Å². The number of carboxylic acid groups (broad SMARTS) is 2. The summed E-state index contributed by atoms with van der Waals surface area (Å²) in [5.41, 5.74) is 1.18. The zero-order valence-corrected chi connectivity index (χ0v) is 13.1. The van der Waals surface area contributed by atoms with Crippen molar-refractivity contribution in [1.82, 2.24) is 0 Å². The molecular formula is C17H15ClO5. The number of aliphatic carboxylic acids is 1. The van der Waals surface area contributed by atoms with Crippen LogP contribution in [0.5, 0.6) is 5.75 Å². The average molecular weight is 335 g/mol. The van der Waals surface area contributed by atoms with E-state index in [1.807, 2.05) is 0 Å². The van der Waals surface area contributed by atoms with E-state index in [9.17, 15) is 14.7 Å². The summed E-state index contributed by atoms with van der Waals surface area (Å²) in [5, 5.41) is 18.6. The van der Waals surface area contributed by atoms with Gasteiger partial charge in [0.2, 0.25) is 0 Å². The van der Waals surface area contributed by atoms with Crippen LogP contribution in [0.25, 0.3) is 0 Å². The molecule has 6 heteroatoms.